The number of nitro groups is 1. The van der Waals surface area contributed by atoms with Gasteiger partial charge in [0.15, 0.2) is 9.84 Å². The first-order valence-corrected chi connectivity index (χ1v) is 8.61. The third-order valence-electron chi connectivity index (χ3n) is 3.22. The van der Waals surface area contributed by atoms with Gasteiger partial charge in [-0.15, -0.1) is 0 Å². The molecular weight excluding hydrogens is 334 g/mol. The van der Waals surface area contributed by atoms with Crippen molar-refractivity contribution in [2.24, 2.45) is 0 Å². The Balaban J connectivity index is 2.03. The lowest BCUT2D eigenvalue weighted by Gasteiger charge is -2.08. The van der Waals surface area contributed by atoms with Crippen molar-refractivity contribution < 1.29 is 18.1 Å². The van der Waals surface area contributed by atoms with E-state index < -0.39 is 20.4 Å². The summed E-state index contributed by atoms with van der Waals surface area (Å²) in [6.45, 7) is 0. The molecule has 0 atom stereocenters. The van der Waals surface area contributed by atoms with E-state index in [2.05, 4.69) is 9.97 Å². The molecule has 0 fully saturated rings. The first-order chi connectivity index (χ1) is 11.3. The van der Waals surface area contributed by atoms with Crippen molar-refractivity contribution in [1.82, 2.24) is 9.97 Å². The van der Waals surface area contributed by atoms with Crippen LogP contribution in [0.4, 0.5) is 5.69 Å². The van der Waals surface area contributed by atoms with Crippen molar-refractivity contribution in [3.05, 3.63) is 58.9 Å². The van der Waals surface area contributed by atoms with Gasteiger partial charge in [0.2, 0.25) is 5.75 Å². The minimum absolute atomic E-state index is 0.0596. The molecule has 0 aliphatic heterocycles. The highest BCUT2D eigenvalue weighted by Crippen LogP contribution is 2.34. The second kappa shape index (κ2) is 5.85. The van der Waals surface area contributed by atoms with E-state index in [-0.39, 0.29) is 10.6 Å². The average molecular weight is 345 g/mol. The van der Waals surface area contributed by atoms with Gasteiger partial charge in [-0.3, -0.25) is 20.1 Å². The molecule has 9 heteroatoms. The summed E-state index contributed by atoms with van der Waals surface area (Å²) in [6.07, 6.45) is 4.06. The largest absolute Gasteiger partial charge is 0.450 e. The number of ether oxygens (including phenoxy) is 1. The smallest absolute Gasteiger partial charge is 0.312 e. The molecule has 122 valence electrons. The lowest BCUT2D eigenvalue weighted by atomic mass is 10.2. The number of aromatic nitrogens is 2. The van der Waals surface area contributed by atoms with E-state index in [1.165, 1.54) is 18.3 Å². The fourth-order valence-corrected chi connectivity index (χ4v) is 2.73. The number of fused-ring (bicyclic) bond motifs is 1. The normalized spacial score (nSPS) is 11.4. The summed E-state index contributed by atoms with van der Waals surface area (Å²) in [6, 6.07) is 8.37. The molecule has 1 aromatic heterocycles. The van der Waals surface area contributed by atoms with Crippen LogP contribution in [0.3, 0.4) is 0 Å². The summed E-state index contributed by atoms with van der Waals surface area (Å²) in [7, 11) is -3.56. The predicted octanol–water partition coefficient (Wildman–Crippen LogP) is 2.73. The summed E-state index contributed by atoms with van der Waals surface area (Å²) in [4.78, 5) is 18.6. The maximum Gasteiger partial charge on any atom is 0.312 e. The van der Waals surface area contributed by atoms with Crippen LogP contribution in [-0.4, -0.2) is 29.6 Å². The fourth-order valence-electron chi connectivity index (χ4n) is 2.09. The van der Waals surface area contributed by atoms with E-state index in [1.807, 2.05) is 0 Å². The standard InChI is InChI=1S/C15H11N3O5S/c1-24(21,22)11-3-5-15(14(9-11)18(19)20)23-10-2-4-12-13(8-10)17-7-6-16-12/h2-9H,1H3. The van der Waals surface area contributed by atoms with Gasteiger partial charge in [-0.05, 0) is 24.3 Å². The molecular formula is C15H11N3O5S. The van der Waals surface area contributed by atoms with Crippen LogP contribution in [0.2, 0.25) is 0 Å². The van der Waals surface area contributed by atoms with E-state index >= 15 is 0 Å². The Morgan fingerprint density at radius 1 is 1.04 bits per heavy atom. The predicted molar refractivity (Wildman–Crippen MR) is 85.8 cm³/mol. The van der Waals surface area contributed by atoms with Gasteiger partial charge < -0.3 is 4.74 Å². The lowest BCUT2D eigenvalue weighted by Crippen LogP contribution is -2.00. The van der Waals surface area contributed by atoms with Crippen LogP contribution in [0.15, 0.2) is 53.7 Å². The molecule has 24 heavy (non-hydrogen) atoms. The third-order valence-corrected chi connectivity index (χ3v) is 4.33. The van der Waals surface area contributed by atoms with Gasteiger partial charge in [0.25, 0.3) is 0 Å². The van der Waals surface area contributed by atoms with Crippen molar-refractivity contribution in [2.75, 3.05) is 6.26 Å². The van der Waals surface area contributed by atoms with E-state index in [0.29, 0.717) is 16.8 Å². The average Bonchev–Trinajstić information content (AvgIpc) is 2.54. The number of nitrogens with zero attached hydrogens (tertiary/aromatic N) is 3. The molecule has 0 saturated carbocycles. The highest BCUT2D eigenvalue weighted by molar-refractivity contribution is 7.90. The van der Waals surface area contributed by atoms with Crippen LogP contribution in [0.5, 0.6) is 11.5 Å². The molecule has 0 aliphatic rings. The summed E-state index contributed by atoms with van der Waals surface area (Å²) in [5.41, 5.74) is 0.800. The number of sulfone groups is 1. The minimum atomic E-state index is -3.56. The molecule has 0 bridgehead atoms. The van der Waals surface area contributed by atoms with Gasteiger partial charge in [0.05, 0.1) is 20.9 Å². The Hall–Kier alpha value is -3.07. The monoisotopic (exact) mass is 345 g/mol. The number of nitro benzene ring substituents is 1. The maximum absolute atomic E-state index is 11.5. The van der Waals surface area contributed by atoms with E-state index in [4.69, 9.17) is 4.74 Å². The van der Waals surface area contributed by atoms with Gasteiger partial charge >= 0.3 is 5.69 Å². The van der Waals surface area contributed by atoms with E-state index in [9.17, 15) is 18.5 Å². The zero-order valence-corrected chi connectivity index (χ0v) is 13.2. The number of benzene rings is 2. The van der Waals surface area contributed by atoms with Gasteiger partial charge in [-0.2, -0.15) is 0 Å². The number of hydrogen-bond acceptors (Lipinski definition) is 7. The van der Waals surface area contributed by atoms with E-state index in [0.717, 1.165) is 12.3 Å². The highest BCUT2D eigenvalue weighted by atomic mass is 32.2. The van der Waals surface area contributed by atoms with Crippen LogP contribution in [-0.2, 0) is 9.84 Å². The second-order valence-electron chi connectivity index (χ2n) is 4.97. The molecule has 0 N–H and O–H groups in total. The summed E-state index contributed by atoms with van der Waals surface area (Å²) in [5, 5.41) is 11.2. The molecule has 8 nitrogen and oxygen atoms in total. The Kier molecular flexibility index (Phi) is 3.86. The second-order valence-corrected chi connectivity index (χ2v) is 6.98. The molecule has 1 heterocycles. The first kappa shape index (κ1) is 15.8. The van der Waals surface area contributed by atoms with Crippen molar-refractivity contribution in [3.8, 4) is 11.5 Å². The quantitative estimate of drug-likeness (QED) is 0.528. The zero-order chi connectivity index (χ0) is 17.3. The Morgan fingerprint density at radius 2 is 1.75 bits per heavy atom. The van der Waals surface area contributed by atoms with Crippen molar-refractivity contribution in [2.45, 2.75) is 4.90 Å². The van der Waals surface area contributed by atoms with Crippen LogP contribution in [0.1, 0.15) is 0 Å². The summed E-state index contributed by atoms with van der Waals surface area (Å²) in [5.74, 6) is 0.272. The third kappa shape index (κ3) is 3.15. The first-order valence-electron chi connectivity index (χ1n) is 6.72. The molecule has 2 aromatic carbocycles. The Bertz CT molecular complexity index is 1050. The van der Waals surface area contributed by atoms with Crippen LogP contribution in [0.25, 0.3) is 11.0 Å². The van der Waals surface area contributed by atoms with Gasteiger partial charge in [-0.25, -0.2) is 8.42 Å². The Labute approximate surface area is 136 Å². The lowest BCUT2D eigenvalue weighted by molar-refractivity contribution is -0.385. The zero-order valence-electron chi connectivity index (χ0n) is 12.4. The van der Waals surface area contributed by atoms with Gasteiger partial charge in [-0.1, -0.05) is 0 Å². The molecule has 3 rings (SSSR count). The molecule has 0 amide bonds. The van der Waals surface area contributed by atoms with E-state index in [1.54, 1.807) is 24.4 Å². The topological polar surface area (TPSA) is 112 Å². The van der Waals surface area contributed by atoms with Crippen LogP contribution >= 0.6 is 0 Å². The van der Waals surface area contributed by atoms with Crippen molar-refractivity contribution in [3.63, 3.8) is 0 Å². The SMILES string of the molecule is CS(=O)(=O)c1ccc(Oc2ccc3nccnc3c2)c([N+](=O)[O-])c1. The highest BCUT2D eigenvalue weighted by Gasteiger charge is 2.20. The molecule has 0 aliphatic carbocycles. The fraction of sp³-hybridized carbons (Fsp3) is 0.0667. The molecule has 0 spiro atoms. The molecule has 0 saturated heterocycles. The summed E-state index contributed by atoms with van der Waals surface area (Å²) < 4.78 is 28.6. The number of hydrogen-bond donors (Lipinski definition) is 0. The Morgan fingerprint density at radius 3 is 2.42 bits per heavy atom. The van der Waals surface area contributed by atoms with Crippen LogP contribution in [0, 0.1) is 10.1 Å². The van der Waals surface area contributed by atoms with Crippen molar-refractivity contribution >= 4 is 26.6 Å². The van der Waals surface area contributed by atoms with Gasteiger partial charge in [0, 0.05) is 30.8 Å². The minimum Gasteiger partial charge on any atom is -0.450 e. The summed E-state index contributed by atoms with van der Waals surface area (Å²) >= 11 is 0. The molecule has 0 unspecified atom stereocenters. The number of rotatable bonds is 4. The van der Waals surface area contributed by atoms with Gasteiger partial charge in [0.1, 0.15) is 5.75 Å². The molecule has 0 radical (unpaired) electrons. The molecule has 3 aromatic rings. The van der Waals surface area contributed by atoms with Crippen LogP contribution < -0.4 is 4.74 Å². The maximum atomic E-state index is 11.5. The van der Waals surface area contributed by atoms with Crippen molar-refractivity contribution in [1.29, 1.82) is 0 Å².